The first-order valence-corrected chi connectivity index (χ1v) is 11.3. The van der Waals surface area contributed by atoms with Gasteiger partial charge in [-0.05, 0) is 42.0 Å². The zero-order valence-corrected chi connectivity index (χ0v) is 19.7. The fraction of sp³-hybridized carbons (Fsp3) is 0.240. The monoisotopic (exact) mass is 497 g/mol. The van der Waals surface area contributed by atoms with E-state index in [1.54, 1.807) is 30.3 Å². The van der Waals surface area contributed by atoms with Crippen LogP contribution in [0.15, 0.2) is 54.6 Å². The van der Waals surface area contributed by atoms with Crippen LogP contribution in [0.1, 0.15) is 21.6 Å². The number of fused-ring (bicyclic) bond motifs is 1. The zero-order valence-electron chi connectivity index (χ0n) is 18.9. The molecule has 0 saturated carbocycles. The Balaban J connectivity index is 1.35. The standard InChI is InChI=1S/C25H24ClN3O6/c1-27-21-4-2-3-16(28-21)11-12-33-17-7-5-15(6-8-17)13-19(25(31)32)29-24(30)22-18(26)9-10-20-23(22)35-14-34-20/h2-10,19H,11-14H2,1H3,(H,27,28)(H,29,30)(H,31,32)/t19-/m0/s1. The molecule has 0 fully saturated rings. The van der Waals surface area contributed by atoms with Crippen LogP contribution in [0.4, 0.5) is 5.82 Å². The van der Waals surface area contributed by atoms with Gasteiger partial charge in [0.05, 0.1) is 11.6 Å². The highest BCUT2D eigenvalue weighted by Gasteiger charge is 2.28. The molecule has 0 spiro atoms. The molecule has 182 valence electrons. The lowest BCUT2D eigenvalue weighted by Gasteiger charge is -2.16. The minimum absolute atomic E-state index is 0.0361. The van der Waals surface area contributed by atoms with Gasteiger partial charge < -0.3 is 30.0 Å². The van der Waals surface area contributed by atoms with Crippen molar-refractivity contribution in [1.82, 2.24) is 10.3 Å². The van der Waals surface area contributed by atoms with E-state index in [0.29, 0.717) is 24.5 Å². The average molecular weight is 498 g/mol. The van der Waals surface area contributed by atoms with Crippen molar-refractivity contribution in [2.45, 2.75) is 18.9 Å². The van der Waals surface area contributed by atoms with E-state index in [9.17, 15) is 14.7 Å². The lowest BCUT2D eigenvalue weighted by atomic mass is 10.0. The van der Waals surface area contributed by atoms with Crippen molar-refractivity contribution >= 4 is 29.3 Å². The molecular formula is C25H24ClN3O6. The van der Waals surface area contributed by atoms with Gasteiger partial charge in [-0.2, -0.15) is 0 Å². The number of rotatable bonds is 10. The summed E-state index contributed by atoms with van der Waals surface area (Å²) in [5.74, 6) is 0.211. The second-order valence-corrected chi connectivity index (χ2v) is 8.14. The Hall–Kier alpha value is -3.98. The van der Waals surface area contributed by atoms with Crippen molar-refractivity contribution in [1.29, 1.82) is 0 Å². The predicted molar refractivity (Wildman–Crippen MR) is 130 cm³/mol. The number of aromatic nitrogens is 1. The summed E-state index contributed by atoms with van der Waals surface area (Å²) in [4.78, 5) is 29.1. The molecule has 2 heterocycles. The third-order valence-corrected chi connectivity index (χ3v) is 5.69. The van der Waals surface area contributed by atoms with Crippen LogP contribution in [-0.2, 0) is 17.6 Å². The fourth-order valence-corrected chi connectivity index (χ4v) is 3.81. The second-order valence-electron chi connectivity index (χ2n) is 7.73. The van der Waals surface area contributed by atoms with E-state index in [4.69, 9.17) is 25.8 Å². The number of anilines is 1. The van der Waals surface area contributed by atoms with E-state index in [1.165, 1.54) is 6.07 Å². The summed E-state index contributed by atoms with van der Waals surface area (Å²) >= 11 is 6.17. The number of carboxylic acids is 1. The van der Waals surface area contributed by atoms with Crippen LogP contribution in [-0.4, -0.2) is 48.5 Å². The Kier molecular flexibility index (Phi) is 7.57. The molecule has 2 aromatic carbocycles. The van der Waals surface area contributed by atoms with Gasteiger partial charge in [0.25, 0.3) is 5.91 Å². The topological polar surface area (TPSA) is 119 Å². The van der Waals surface area contributed by atoms with Crippen LogP contribution in [0.2, 0.25) is 5.02 Å². The fourth-order valence-electron chi connectivity index (χ4n) is 3.58. The summed E-state index contributed by atoms with van der Waals surface area (Å²) in [7, 11) is 1.82. The molecule has 0 unspecified atom stereocenters. The van der Waals surface area contributed by atoms with Gasteiger partial charge in [-0.1, -0.05) is 29.8 Å². The number of nitrogens with one attached hydrogen (secondary N) is 2. The number of carbonyl (C=O) groups excluding carboxylic acids is 1. The molecule has 0 aliphatic carbocycles. The summed E-state index contributed by atoms with van der Waals surface area (Å²) in [6, 6.07) is 14.7. The van der Waals surface area contributed by atoms with E-state index >= 15 is 0 Å². The van der Waals surface area contributed by atoms with Crippen LogP contribution in [0.25, 0.3) is 0 Å². The number of ether oxygens (including phenoxy) is 3. The highest BCUT2D eigenvalue weighted by molar-refractivity contribution is 6.34. The number of nitrogens with zero attached hydrogens (tertiary/aromatic N) is 1. The van der Waals surface area contributed by atoms with Crippen molar-refractivity contribution in [3.05, 3.63) is 76.4 Å². The normalized spacial score (nSPS) is 12.6. The van der Waals surface area contributed by atoms with Crippen molar-refractivity contribution in [3.63, 3.8) is 0 Å². The quantitative estimate of drug-likeness (QED) is 0.389. The summed E-state index contributed by atoms with van der Waals surface area (Å²) < 4.78 is 16.4. The van der Waals surface area contributed by atoms with Gasteiger partial charge in [-0.15, -0.1) is 0 Å². The number of carbonyl (C=O) groups is 2. The van der Waals surface area contributed by atoms with E-state index in [2.05, 4.69) is 15.6 Å². The number of hydrogen-bond donors (Lipinski definition) is 3. The predicted octanol–water partition coefficient (Wildman–Crippen LogP) is 3.55. The summed E-state index contributed by atoms with van der Waals surface area (Å²) in [5.41, 5.74) is 1.68. The first-order valence-electron chi connectivity index (χ1n) is 10.9. The molecule has 9 nitrogen and oxygen atoms in total. The van der Waals surface area contributed by atoms with Crippen LogP contribution in [0, 0.1) is 0 Å². The number of pyridine rings is 1. The molecule has 35 heavy (non-hydrogen) atoms. The molecule has 1 aromatic heterocycles. The van der Waals surface area contributed by atoms with Gasteiger partial charge in [-0.25, -0.2) is 9.78 Å². The Morgan fingerprint density at radius 1 is 1.14 bits per heavy atom. The first-order chi connectivity index (χ1) is 16.9. The number of aliphatic carboxylic acids is 1. The maximum atomic E-state index is 12.8. The molecule has 4 rings (SSSR count). The van der Waals surface area contributed by atoms with Gasteiger partial charge in [0.1, 0.15) is 23.2 Å². The minimum atomic E-state index is -1.17. The Morgan fingerprint density at radius 2 is 1.94 bits per heavy atom. The first kappa shape index (κ1) is 24.2. The molecule has 3 aromatic rings. The van der Waals surface area contributed by atoms with Crippen LogP contribution < -0.4 is 24.8 Å². The van der Waals surface area contributed by atoms with Crippen LogP contribution >= 0.6 is 11.6 Å². The molecule has 10 heteroatoms. The molecule has 3 N–H and O–H groups in total. The Morgan fingerprint density at radius 3 is 2.69 bits per heavy atom. The zero-order chi connectivity index (χ0) is 24.8. The van der Waals surface area contributed by atoms with Gasteiger partial charge >= 0.3 is 5.97 Å². The molecule has 0 radical (unpaired) electrons. The third-order valence-electron chi connectivity index (χ3n) is 5.37. The SMILES string of the molecule is CNc1cccc(CCOc2ccc(C[C@H](NC(=O)c3c(Cl)ccc4c3OCO4)C(=O)O)cc2)n1. The van der Waals surface area contributed by atoms with Gasteiger partial charge in [-0.3, -0.25) is 4.79 Å². The van der Waals surface area contributed by atoms with Gasteiger partial charge in [0.15, 0.2) is 11.5 Å². The molecule has 1 atom stereocenters. The molecule has 1 amide bonds. The molecule has 0 saturated heterocycles. The molecule has 1 aliphatic heterocycles. The lowest BCUT2D eigenvalue weighted by molar-refractivity contribution is -0.139. The molecular weight excluding hydrogens is 474 g/mol. The van der Waals surface area contributed by atoms with E-state index in [0.717, 1.165) is 17.1 Å². The average Bonchev–Trinajstić information content (AvgIpc) is 3.33. The summed E-state index contributed by atoms with van der Waals surface area (Å²) in [5, 5.41) is 15.3. The number of amides is 1. The van der Waals surface area contributed by atoms with Crippen molar-refractivity contribution in [2.75, 3.05) is 25.8 Å². The molecule has 0 bridgehead atoms. The Labute approximate surface area is 207 Å². The largest absolute Gasteiger partial charge is 0.493 e. The van der Waals surface area contributed by atoms with E-state index in [-0.39, 0.29) is 29.5 Å². The Bertz CT molecular complexity index is 1220. The smallest absolute Gasteiger partial charge is 0.326 e. The molecule has 1 aliphatic rings. The third kappa shape index (κ3) is 5.93. The maximum absolute atomic E-state index is 12.8. The maximum Gasteiger partial charge on any atom is 0.326 e. The van der Waals surface area contributed by atoms with Crippen molar-refractivity contribution in [3.8, 4) is 17.2 Å². The van der Waals surface area contributed by atoms with Crippen LogP contribution in [0.5, 0.6) is 17.2 Å². The number of benzene rings is 2. The minimum Gasteiger partial charge on any atom is -0.493 e. The lowest BCUT2D eigenvalue weighted by Crippen LogP contribution is -2.42. The highest BCUT2D eigenvalue weighted by Crippen LogP contribution is 2.39. The highest BCUT2D eigenvalue weighted by atomic mass is 35.5. The van der Waals surface area contributed by atoms with E-state index < -0.39 is 17.9 Å². The second kappa shape index (κ2) is 11.0. The van der Waals surface area contributed by atoms with E-state index in [1.807, 2.05) is 25.2 Å². The summed E-state index contributed by atoms with van der Waals surface area (Å²) in [6.07, 6.45) is 0.719. The number of hydrogen-bond acceptors (Lipinski definition) is 7. The number of halogens is 1. The van der Waals surface area contributed by atoms with Gasteiger partial charge in [0, 0.05) is 25.6 Å². The van der Waals surface area contributed by atoms with Crippen molar-refractivity contribution in [2.24, 2.45) is 0 Å². The summed E-state index contributed by atoms with van der Waals surface area (Å²) in [6.45, 7) is 0.410. The van der Waals surface area contributed by atoms with Gasteiger partial charge in [0.2, 0.25) is 6.79 Å². The van der Waals surface area contributed by atoms with Crippen molar-refractivity contribution < 1.29 is 28.9 Å². The number of carboxylic acid groups (broad SMARTS) is 1. The van der Waals surface area contributed by atoms with Crippen LogP contribution in [0.3, 0.4) is 0 Å².